The SMILES string of the molecule is CC1=C(C#CC(C)(C)C)c2cc(C=Cc3ccc(C(=O)O)cc3)ccc2C(C)(C)C1. The number of carboxylic acids is 1. The molecule has 0 atom stereocenters. The van der Waals surface area contributed by atoms with Crippen LogP contribution in [0.25, 0.3) is 17.7 Å². The van der Waals surface area contributed by atoms with Gasteiger partial charge in [0.2, 0.25) is 0 Å². The first-order valence-electron chi connectivity index (χ1n) is 10.4. The van der Waals surface area contributed by atoms with E-state index >= 15 is 0 Å². The second-order valence-corrected chi connectivity index (χ2v) is 9.78. The van der Waals surface area contributed by atoms with Crippen molar-refractivity contribution in [1.29, 1.82) is 0 Å². The van der Waals surface area contributed by atoms with E-state index in [1.807, 2.05) is 18.2 Å². The Morgan fingerprint density at radius 3 is 2.23 bits per heavy atom. The number of benzene rings is 2. The summed E-state index contributed by atoms with van der Waals surface area (Å²) in [5, 5.41) is 9.05. The average molecular weight is 399 g/mol. The number of fused-ring (bicyclic) bond motifs is 1. The van der Waals surface area contributed by atoms with Gasteiger partial charge in [-0.05, 0) is 80.0 Å². The summed E-state index contributed by atoms with van der Waals surface area (Å²) in [6.07, 6.45) is 5.10. The van der Waals surface area contributed by atoms with Gasteiger partial charge in [-0.1, -0.05) is 67.7 Å². The van der Waals surface area contributed by atoms with Gasteiger partial charge in [-0.15, -0.1) is 0 Å². The molecule has 0 aliphatic heterocycles. The number of carboxylic acid groups (broad SMARTS) is 1. The Labute approximate surface area is 180 Å². The van der Waals surface area contributed by atoms with Crippen molar-refractivity contribution >= 4 is 23.7 Å². The lowest BCUT2D eigenvalue weighted by molar-refractivity contribution is 0.0697. The van der Waals surface area contributed by atoms with Crippen molar-refractivity contribution < 1.29 is 9.90 Å². The van der Waals surface area contributed by atoms with Gasteiger partial charge in [0, 0.05) is 11.0 Å². The van der Waals surface area contributed by atoms with Crippen LogP contribution in [0.15, 0.2) is 48.0 Å². The normalized spacial score (nSPS) is 15.5. The minimum absolute atomic E-state index is 0.0416. The first-order valence-corrected chi connectivity index (χ1v) is 10.4. The van der Waals surface area contributed by atoms with E-state index in [2.05, 4.69) is 77.7 Å². The lowest BCUT2D eigenvalue weighted by Crippen LogP contribution is -2.23. The average Bonchev–Trinajstić information content (AvgIpc) is 2.65. The first-order chi connectivity index (χ1) is 14.0. The number of carbonyl (C=O) groups is 1. The van der Waals surface area contributed by atoms with Gasteiger partial charge in [-0.2, -0.15) is 0 Å². The van der Waals surface area contributed by atoms with Crippen molar-refractivity contribution in [3.05, 3.63) is 75.9 Å². The number of hydrogen-bond donors (Lipinski definition) is 1. The van der Waals surface area contributed by atoms with Crippen LogP contribution in [0.4, 0.5) is 0 Å². The molecule has 154 valence electrons. The fourth-order valence-electron chi connectivity index (χ4n) is 3.89. The second-order valence-electron chi connectivity index (χ2n) is 9.78. The topological polar surface area (TPSA) is 37.3 Å². The maximum atomic E-state index is 11.0. The summed E-state index contributed by atoms with van der Waals surface area (Å²) in [7, 11) is 0. The molecule has 2 heteroatoms. The molecule has 0 radical (unpaired) electrons. The molecule has 0 saturated heterocycles. The third kappa shape index (κ3) is 4.92. The quantitative estimate of drug-likeness (QED) is 0.444. The van der Waals surface area contributed by atoms with Gasteiger partial charge in [-0.25, -0.2) is 4.79 Å². The standard InChI is InChI=1S/C28H30O2/c1-19-18-28(5,6)25-14-11-21(17-24(25)23(19)15-16-27(2,3)4)8-7-20-9-12-22(13-10-20)26(29)30/h7-14,17H,18H2,1-6H3,(H,29,30). The summed E-state index contributed by atoms with van der Waals surface area (Å²) in [5.41, 5.74) is 7.48. The number of aromatic carboxylic acids is 1. The van der Waals surface area contributed by atoms with Gasteiger partial charge in [-0.3, -0.25) is 0 Å². The monoisotopic (exact) mass is 398 g/mol. The van der Waals surface area contributed by atoms with Crippen LogP contribution in [0, 0.1) is 17.3 Å². The molecule has 2 aromatic rings. The summed E-state index contributed by atoms with van der Waals surface area (Å²) >= 11 is 0. The Bertz CT molecular complexity index is 1090. The van der Waals surface area contributed by atoms with Gasteiger partial charge in [0.25, 0.3) is 0 Å². The van der Waals surface area contributed by atoms with E-state index in [4.69, 9.17) is 5.11 Å². The van der Waals surface area contributed by atoms with Crippen LogP contribution < -0.4 is 0 Å². The van der Waals surface area contributed by atoms with Crippen molar-refractivity contribution in [3.63, 3.8) is 0 Å². The molecule has 1 aliphatic rings. The Morgan fingerprint density at radius 2 is 1.63 bits per heavy atom. The number of rotatable bonds is 3. The van der Waals surface area contributed by atoms with Crippen LogP contribution in [0.1, 0.15) is 80.6 Å². The Kier molecular flexibility index (Phi) is 5.77. The van der Waals surface area contributed by atoms with Crippen LogP contribution in [0.5, 0.6) is 0 Å². The van der Waals surface area contributed by atoms with Gasteiger partial charge >= 0.3 is 5.97 Å². The van der Waals surface area contributed by atoms with Crippen LogP contribution in [0.3, 0.4) is 0 Å². The summed E-state index contributed by atoms with van der Waals surface area (Å²) in [6, 6.07) is 13.5. The highest BCUT2D eigenvalue weighted by molar-refractivity contribution is 5.88. The minimum Gasteiger partial charge on any atom is -0.478 e. The molecule has 2 nitrogen and oxygen atoms in total. The van der Waals surface area contributed by atoms with Crippen molar-refractivity contribution in [2.45, 2.75) is 53.4 Å². The highest BCUT2D eigenvalue weighted by Crippen LogP contribution is 2.42. The molecular formula is C28H30O2. The van der Waals surface area contributed by atoms with E-state index in [1.165, 1.54) is 16.7 Å². The van der Waals surface area contributed by atoms with Gasteiger partial charge < -0.3 is 5.11 Å². The molecule has 1 aliphatic carbocycles. The fourth-order valence-corrected chi connectivity index (χ4v) is 3.89. The lowest BCUT2D eigenvalue weighted by Gasteiger charge is -2.34. The van der Waals surface area contributed by atoms with E-state index in [9.17, 15) is 4.79 Å². The molecule has 3 rings (SSSR count). The first kappa shape index (κ1) is 21.7. The Hall–Kier alpha value is -3.05. The smallest absolute Gasteiger partial charge is 0.335 e. The van der Waals surface area contributed by atoms with Gasteiger partial charge in [0.15, 0.2) is 0 Å². The molecular weight excluding hydrogens is 368 g/mol. The molecule has 30 heavy (non-hydrogen) atoms. The number of allylic oxidation sites excluding steroid dienone is 2. The Balaban J connectivity index is 2.00. The van der Waals surface area contributed by atoms with Gasteiger partial charge in [0.05, 0.1) is 5.56 Å². The summed E-state index contributed by atoms with van der Waals surface area (Å²) in [6.45, 7) is 13.2. The molecule has 1 N–H and O–H groups in total. The van der Waals surface area contributed by atoms with Crippen LogP contribution >= 0.6 is 0 Å². The second kappa shape index (κ2) is 8.00. The lowest BCUT2D eigenvalue weighted by atomic mass is 9.70. The Morgan fingerprint density at radius 1 is 1.03 bits per heavy atom. The van der Waals surface area contributed by atoms with Crippen molar-refractivity contribution in [3.8, 4) is 11.8 Å². The third-order valence-electron chi connectivity index (χ3n) is 5.36. The van der Waals surface area contributed by atoms with E-state index < -0.39 is 5.97 Å². The molecule has 0 fully saturated rings. The van der Waals surface area contributed by atoms with E-state index in [-0.39, 0.29) is 10.8 Å². The molecule has 0 heterocycles. The zero-order valence-electron chi connectivity index (χ0n) is 18.8. The zero-order valence-corrected chi connectivity index (χ0v) is 18.8. The maximum absolute atomic E-state index is 11.0. The summed E-state index contributed by atoms with van der Waals surface area (Å²) in [5.74, 6) is 5.97. The van der Waals surface area contributed by atoms with Crippen LogP contribution in [-0.2, 0) is 5.41 Å². The largest absolute Gasteiger partial charge is 0.478 e. The maximum Gasteiger partial charge on any atom is 0.335 e. The van der Waals surface area contributed by atoms with Crippen molar-refractivity contribution in [1.82, 2.24) is 0 Å². The molecule has 0 aromatic heterocycles. The molecule has 0 bridgehead atoms. The highest BCUT2D eigenvalue weighted by atomic mass is 16.4. The van der Waals surface area contributed by atoms with Gasteiger partial charge in [0.1, 0.15) is 0 Å². The zero-order chi connectivity index (χ0) is 22.1. The third-order valence-corrected chi connectivity index (χ3v) is 5.36. The fraction of sp³-hybridized carbons (Fsp3) is 0.321. The molecule has 0 amide bonds. The van der Waals surface area contributed by atoms with Crippen LogP contribution in [-0.4, -0.2) is 11.1 Å². The minimum atomic E-state index is -0.908. The van der Waals surface area contributed by atoms with E-state index in [0.29, 0.717) is 5.56 Å². The van der Waals surface area contributed by atoms with Crippen molar-refractivity contribution in [2.24, 2.45) is 5.41 Å². The predicted molar refractivity (Wildman–Crippen MR) is 126 cm³/mol. The molecule has 0 saturated carbocycles. The van der Waals surface area contributed by atoms with Crippen molar-refractivity contribution in [2.75, 3.05) is 0 Å². The van der Waals surface area contributed by atoms with E-state index in [0.717, 1.165) is 23.1 Å². The predicted octanol–water partition coefficient (Wildman–Crippen LogP) is 7.06. The summed E-state index contributed by atoms with van der Waals surface area (Å²) < 4.78 is 0. The summed E-state index contributed by atoms with van der Waals surface area (Å²) in [4.78, 5) is 11.0. The molecule has 2 aromatic carbocycles. The highest BCUT2D eigenvalue weighted by Gasteiger charge is 2.30. The van der Waals surface area contributed by atoms with E-state index in [1.54, 1.807) is 12.1 Å². The molecule has 0 unspecified atom stereocenters. The molecule has 0 spiro atoms. The van der Waals surface area contributed by atoms with Crippen LogP contribution in [0.2, 0.25) is 0 Å². The number of hydrogen-bond acceptors (Lipinski definition) is 1.